The van der Waals surface area contributed by atoms with Gasteiger partial charge in [0.15, 0.2) is 11.5 Å². The van der Waals surface area contributed by atoms with Gasteiger partial charge in [-0.2, -0.15) is 0 Å². The lowest BCUT2D eigenvalue weighted by atomic mass is 9.98. The van der Waals surface area contributed by atoms with Gasteiger partial charge in [-0.1, -0.05) is 6.08 Å². The van der Waals surface area contributed by atoms with Crippen molar-refractivity contribution in [3.8, 4) is 11.5 Å². The van der Waals surface area contributed by atoms with E-state index in [1.807, 2.05) is 0 Å². The molecule has 24 heavy (non-hydrogen) atoms. The Morgan fingerprint density at radius 1 is 1.38 bits per heavy atom. The molecule has 0 radical (unpaired) electrons. The number of ether oxygens (including phenoxy) is 2. The molecule has 1 heterocycles. The maximum atomic E-state index is 12.9. The monoisotopic (exact) mass is 333 g/mol. The molecule has 6 heteroatoms. The number of carbonyl (C=O) groups excluding carboxylic acids is 1. The molecule has 1 saturated heterocycles. The van der Waals surface area contributed by atoms with E-state index >= 15 is 0 Å². The average Bonchev–Trinajstić information content (AvgIpc) is 2.96. The van der Waals surface area contributed by atoms with Crippen LogP contribution in [0, 0.1) is 0 Å². The van der Waals surface area contributed by atoms with Crippen molar-refractivity contribution in [1.82, 2.24) is 4.90 Å². The lowest BCUT2D eigenvalue weighted by Gasteiger charge is -2.31. The Kier molecular flexibility index (Phi) is 5.17. The number of carbonyl (C=O) groups is 2. The summed E-state index contributed by atoms with van der Waals surface area (Å²) in [5.74, 6) is -0.309. The van der Waals surface area contributed by atoms with E-state index in [4.69, 9.17) is 9.47 Å². The predicted molar refractivity (Wildman–Crippen MR) is 89.8 cm³/mol. The molecule has 1 aliphatic heterocycles. The highest BCUT2D eigenvalue weighted by Gasteiger charge is 2.46. The molecule has 1 amide bonds. The van der Waals surface area contributed by atoms with Crippen LogP contribution in [-0.2, 0) is 11.2 Å². The van der Waals surface area contributed by atoms with Crippen LogP contribution >= 0.6 is 0 Å². The number of allylic oxidation sites excluding steroid dienone is 1. The van der Waals surface area contributed by atoms with Crippen LogP contribution in [-0.4, -0.2) is 48.2 Å². The molecule has 0 bridgehead atoms. The molecule has 1 aromatic carbocycles. The second-order valence-electron chi connectivity index (χ2n) is 6.00. The van der Waals surface area contributed by atoms with E-state index in [0.717, 1.165) is 5.56 Å². The van der Waals surface area contributed by atoms with E-state index in [1.54, 1.807) is 25.1 Å². The third kappa shape index (κ3) is 2.96. The largest absolute Gasteiger partial charge is 0.493 e. The molecule has 1 aromatic rings. The van der Waals surface area contributed by atoms with Gasteiger partial charge in [0.2, 0.25) is 0 Å². The van der Waals surface area contributed by atoms with Gasteiger partial charge < -0.3 is 19.5 Å². The Labute approximate surface area is 141 Å². The van der Waals surface area contributed by atoms with Crippen LogP contribution in [0.2, 0.25) is 0 Å². The topological polar surface area (TPSA) is 76.1 Å². The molecule has 1 fully saturated rings. The summed E-state index contributed by atoms with van der Waals surface area (Å²) < 4.78 is 10.7. The van der Waals surface area contributed by atoms with E-state index in [0.29, 0.717) is 42.9 Å². The normalized spacial score (nSPS) is 19.9. The van der Waals surface area contributed by atoms with Crippen LogP contribution in [0.1, 0.15) is 35.7 Å². The fourth-order valence-corrected chi connectivity index (χ4v) is 3.14. The predicted octanol–water partition coefficient (Wildman–Crippen LogP) is 2.51. The molecule has 2 rings (SSSR count). The number of hydrogen-bond acceptors (Lipinski definition) is 4. The Balaban J connectivity index is 2.48. The van der Waals surface area contributed by atoms with E-state index in [1.165, 1.54) is 19.1 Å². The van der Waals surface area contributed by atoms with Gasteiger partial charge in [-0.05, 0) is 38.3 Å². The third-order valence-corrected chi connectivity index (χ3v) is 4.51. The van der Waals surface area contributed by atoms with Gasteiger partial charge in [-0.15, -0.1) is 6.58 Å². The first-order valence-electron chi connectivity index (χ1n) is 7.80. The maximum Gasteiger partial charge on any atom is 0.329 e. The van der Waals surface area contributed by atoms with Gasteiger partial charge in [-0.25, -0.2) is 4.79 Å². The van der Waals surface area contributed by atoms with Gasteiger partial charge >= 0.3 is 5.97 Å². The van der Waals surface area contributed by atoms with Crippen LogP contribution in [0.3, 0.4) is 0 Å². The Hall–Kier alpha value is -2.50. The lowest BCUT2D eigenvalue weighted by molar-refractivity contribution is -0.147. The van der Waals surface area contributed by atoms with E-state index in [9.17, 15) is 14.7 Å². The second-order valence-corrected chi connectivity index (χ2v) is 6.00. The number of aliphatic carboxylic acids is 1. The highest BCUT2D eigenvalue weighted by Crippen LogP contribution is 2.36. The van der Waals surface area contributed by atoms with Crippen LogP contribution in [0.15, 0.2) is 24.8 Å². The minimum Gasteiger partial charge on any atom is -0.493 e. The van der Waals surface area contributed by atoms with Gasteiger partial charge in [-0.3, -0.25) is 4.79 Å². The van der Waals surface area contributed by atoms with Crippen molar-refractivity contribution in [3.63, 3.8) is 0 Å². The summed E-state index contributed by atoms with van der Waals surface area (Å²) >= 11 is 0. The van der Waals surface area contributed by atoms with Crippen molar-refractivity contribution >= 4 is 11.9 Å². The number of methoxy groups -OCH3 is 2. The minimum atomic E-state index is -1.18. The number of rotatable bonds is 6. The van der Waals surface area contributed by atoms with E-state index < -0.39 is 11.5 Å². The van der Waals surface area contributed by atoms with Gasteiger partial charge in [0.25, 0.3) is 5.91 Å². The summed E-state index contributed by atoms with van der Waals surface area (Å²) in [6, 6.07) is 3.31. The van der Waals surface area contributed by atoms with Gasteiger partial charge in [0.1, 0.15) is 5.54 Å². The Morgan fingerprint density at radius 3 is 2.62 bits per heavy atom. The second kappa shape index (κ2) is 6.95. The van der Waals surface area contributed by atoms with Crippen LogP contribution in [0.4, 0.5) is 0 Å². The zero-order valence-corrected chi connectivity index (χ0v) is 14.3. The van der Waals surface area contributed by atoms with Crippen molar-refractivity contribution in [2.24, 2.45) is 0 Å². The summed E-state index contributed by atoms with van der Waals surface area (Å²) in [6.07, 6.45) is 3.34. The number of hydrogen-bond donors (Lipinski definition) is 1. The van der Waals surface area contributed by atoms with Crippen molar-refractivity contribution in [3.05, 3.63) is 35.9 Å². The molecular formula is C18H23NO5. The number of benzene rings is 1. The molecule has 0 aromatic heterocycles. The summed E-state index contributed by atoms with van der Waals surface area (Å²) in [4.78, 5) is 26.0. The fraction of sp³-hybridized carbons (Fsp3) is 0.444. The van der Waals surface area contributed by atoms with E-state index in [2.05, 4.69) is 6.58 Å². The maximum absolute atomic E-state index is 12.9. The highest BCUT2D eigenvalue weighted by atomic mass is 16.5. The first-order chi connectivity index (χ1) is 11.4. The van der Waals surface area contributed by atoms with Crippen molar-refractivity contribution in [1.29, 1.82) is 0 Å². The smallest absolute Gasteiger partial charge is 0.329 e. The summed E-state index contributed by atoms with van der Waals surface area (Å²) in [7, 11) is 3.04. The van der Waals surface area contributed by atoms with Gasteiger partial charge in [0, 0.05) is 17.7 Å². The number of likely N-dealkylation sites (tertiary alicyclic amines) is 1. The zero-order valence-electron chi connectivity index (χ0n) is 14.3. The molecule has 1 atom stereocenters. The molecule has 1 aliphatic rings. The summed E-state index contributed by atoms with van der Waals surface area (Å²) in [5.41, 5.74) is -0.0200. The molecule has 1 N–H and O–H groups in total. The SMILES string of the molecule is C=CCc1cc(C(=O)N2CCCC2(C)C(=O)O)cc(OC)c1OC. The van der Waals surface area contributed by atoms with Crippen LogP contribution in [0.25, 0.3) is 0 Å². The summed E-state index contributed by atoms with van der Waals surface area (Å²) in [6.45, 7) is 5.73. The molecule has 0 saturated carbocycles. The molecule has 6 nitrogen and oxygen atoms in total. The highest BCUT2D eigenvalue weighted by molar-refractivity contribution is 5.99. The molecule has 0 aliphatic carbocycles. The molecule has 0 spiro atoms. The standard InChI is InChI=1S/C18H23NO5/c1-5-7-12-10-13(11-14(23-3)15(12)24-4)16(20)19-9-6-8-18(19,2)17(21)22/h5,10-11H,1,6-9H2,2-4H3,(H,21,22). The van der Waals surface area contributed by atoms with Crippen molar-refractivity contribution < 1.29 is 24.2 Å². The summed E-state index contributed by atoms with van der Waals surface area (Å²) in [5, 5.41) is 9.51. The van der Waals surface area contributed by atoms with Crippen molar-refractivity contribution in [2.75, 3.05) is 20.8 Å². The Morgan fingerprint density at radius 2 is 2.08 bits per heavy atom. The van der Waals surface area contributed by atoms with E-state index in [-0.39, 0.29) is 5.91 Å². The number of nitrogens with zero attached hydrogens (tertiary/aromatic N) is 1. The first-order valence-corrected chi connectivity index (χ1v) is 7.80. The zero-order chi connectivity index (χ0) is 17.9. The first kappa shape index (κ1) is 17.8. The lowest BCUT2D eigenvalue weighted by Crippen LogP contribution is -2.50. The van der Waals surface area contributed by atoms with Crippen molar-refractivity contribution in [2.45, 2.75) is 31.7 Å². The third-order valence-electron chi connectivity index (χ3n) is 4.51. The van der Waals surface area contributed by atoms with Crippen LogP contribution < -0.4 is 9.47 Å². The number of amides is 1. The molecule has 1 unspecified atom stereocenters. The van der Waals surface area contributed by atoms with Crippen LogP contribution in [0.5, 0.6) is 11.5 Å². The fourth-order valence-electron chi connectivity index (χ4n) is 3.14. The number of carboxylic acids is 1. The molecular weight excluding hydrogens is 310 g/mol. The minimum absolute atomic E-state index is 0.316. The quantitative estimate of drug-likeness (QED) is 0.810. The molecule has 130 valence electrons. The van der Waals surface area contributed by atoms with Gasteiger partial charge in [0.05, 0.1) is 14.2 Å². The average molecular weight is 333 g/mol. The number of carboxylic acid groups (broad SMARTS) is 1. The Bertz CT molecular complexity index is 670.